The van der Waals surface area contributed by atoms with Gasteiger partial charge in [-0.3, -0.25) is 4.99 Å². The lowest BCUT2D eigenvalue weighted by atomic mass is 10.1. The maximum absolute atomic E-state index is 12.5. The van der Waals surface area contributed by atoms with Gasteiger partial charge in [-0.25, -0.2) is 0 Å². The molecule has 2 aliphatic rings. The summed E-state index contributed by atoms with van der Waals surface area (Å²) >= 11 is 0. The minimum atomic E-state index is -4.67. The van der Waals surface area contributed by atoms with Gasteiger partial charge in [-0.2, -0.15) is 0 Å². The van der Waals surface area contributed by atoms with E-state index < -0.39 is 6.36 Å². The second kappa shape index (κ2) is 6.91. The first-order valence-corrected chi connectivity index (χ1v) is 8.31. The zero-order chi connectivity index (χ0) is 17.2. The fourth-order valence-corrected chi connectivity index (χ4v) is 3.31. The van der Waals surface area contributed by atoms with Crippen molar-refractivity contribution >= 4 is 5.96 Å². The number of nitrogens with one attached hydrogen (secondary N) is 2. The highest BCUT2D eigenvalue weighted by Gasteiger charge is 2.42. The summed E-state index contributed by atoms with van der Waals surface area (Å²) in [6, 6.07) is 6.87. The quantitative estimate of drug-likeness (QED) is 0.650. The lowest BCUT2D eigenvalue weighted by Crippen LogP contribution is -2.43. The van der Waals surface area contributed by atoms with Crippen LogP contribution in [0.3, 0.4) is 0 Å². The van der Waals surface area contributed by atoms with E-state index in [2.05, 4.69) is 20.4 Å². The molecule has 2 N–H and O–H groups in total. The van der Waals surface area contributed by atoms with Crippen LogP contribution in [0.4, 0.5) is 13.2 Å². The van der Waals surface area contributed by atoms with Crippen molar-refractivity contribution in [3.63, 3.8) is 0 Å². The van der Waals surface area contributed by atoms with E-state index in [9.17, 15) is 13.2 Å². The van der Waals surface area contributed by atoms with Crippen molar-refractivity contribution < 1.29 is 17.9 Å². The van der Waals surface area contributed by atoms with Crippen LogP contribution in [-0.4, -0.2) is 31.5 Å². The van der Waals surface area contributed by atoms with Gasteiger partial charge in [0.2, 0.25) is 0 Å². The predicted octanol–water partition coefficient (Wildman–Crippen LogP) is 3.55. The number of alkyl halides is 3. The predicted molar refractivity (Wildman–Crippen MR) is 86.2 cm³/mol. The first-order chi connectivity index (χ1) is 11.5. The van der Waals surface area contributed by atoms with Crippen LogP contribution >= 0.6 is 0 Å². The number of para-hydroxylation sites is 1. The monoisotopic (exact) mass is 341 g/mol. The summed E-state index contributed by atoms with van der Waals surface area (Å²) in [5.74, 6) is 0.618. The second-order valence-electron chi connectivity index (χ2n) is 6.38. The average molecular weight is 341 g/mol. The Bertz CT molecular complexity index is 597. The Balaban J connectivity index is 1.60. The van der Waals surface area contributed by atoms with Gasteiger partial charge in [0.1, 0.15) is 5.75 Å². The summed E-state index contributed by atoms with van der Waals surface area (Å²) in [5, 5.41) is 6.70. The third-order valence-electron chi connectivity index (χ3n) is 4.58. The van der Waals surface area contributed by atoms with E-state index >= 15 is 0 Å². The zero-order valence-corrected chi connectivity index (χ0v) is 13.6. The SMILES string of the molecule is CN=C(NC1CCCC1)NC1CC1c1ccccc1OC(F)(F)F. The molecule has 0 aromatic heterocycles. The van der Waals surface area contributed by atoms with E-state index in [4.69, 9.17) is 0 Å². The highest BCUT2D eigenvalue weighted by atomic mass is 19.4. The van der Waals surface area contributed by atoms with Crippen LogP contribution < -0.4 is 15.4 Å². The van der Waals surface area contributed by atoms with Crippen LogP contribution in [0.5, 0.6) is 5.75 Å². The summed E-state index contributed by atoms with van der Waals surface area (Å²) in [7, 11) is 1.71. The molecule has 3 rings (SSSR count). The minimum absolute atomic E-state index is 0.00526. The number of ether oxygens (including phenoxy) is 1. The van der Waals surface area contributed by atoms with Crippen molar-refractivity contribution in [1.29, 1.82) is 0 Å². The molecule has 1 aromatic carbocycles. The van der Waals surface area contributed by atoms with Crippen LogP contribution in [0.25, 0.3) is 0 Å². The largest absolute Gasteiger partial charge is 0.573 e. The van der Waals surface area contributed by atoms with E-state index in [0.29, 0.717) is 11.6 Å². The molecule has 4 nitrogen and oxygen atoms in total. The number of guanidine groups is 1. The molecular weight excluding hydrogens is 319 g/mol. The number of nitrogens with zero attached hydrogens (tertiary/aromatic N) is 1. The van der Waals surface area contributed by atoms with Gasteiger partial charge in [0.25, 0.3) is 0 Å². The molecule has 2 saturated carbocycles. The molecule has 0 saturated heterocycles. The average Bonchev–Trinajstić information content (AvgIpc) is 3.08. The second-order valence-corrected chi connectivity index (χ2v) is 6.38. The Morgan fingerprint density at radius 2 is 1.88 bits per heavy atom. The molecule has 2 unspecified atom stereocenters. The summed E-state index contributed by atoms with van der Waals surface area (Å²) in [4.78, 5) is 4.22. The Morgan fingerprint density at radius 1 is 1.17 bits per heavy atom. The number of hydrogen-bond donors (Lipinski definition) is 2. The van der Waals surface area contributed by atoms with Gasteiger partial charge in [0.05, 0.1) is 0 Å². The summed E-state index contributed by atoms with van der Waals surface area (Å²) < 4.78 is 41.7. The molecule has 132 valence electrons. The number of rotatable bonds is 4. The molecule has 2 fully saturated rings. The van der Waals surface area contributed by atoms with Gasteiger partial charge >= 0.3 is 6.36 Å². The third-order valence-corrected chi connectivity index (χ3v) is 4.58. The van der Waals surface area contributed by atoms with Gasteiger partial charge in [-0.15, -0.1) is 13.2 Å². The maximum Gasteiger partial charge on any atom is 0.573 e. The minimum Gasteiger partial charge on any atom is -0.405 e. The summed E-state index contributed by atoms with van der Waals surface area (Å²) in [6.07, 6.45) is 0.817. The lowest BCUT2D eigenvalue weighted by molar-refractivity contribution is -0.274. The molecule has 0 amide bonds. The van der Waals surface area contributed by atoms with Crippen LogP contribution in [0.1, 0.15) is 43.6 Å². The first kappa shape index (κ1) is 16.9. The van der Waals surface area contributed by atoms with E-state index in [1.165, 1.54) is 18.9 Å². The number of aliphatic imine (C=N–C) groups is 1. The molecule has 0 heterocycles. The van der Waals surface area contributed by atoms with Crippen molar-refractivity contribution in [2.75, 3.05) is 7.05 Å². The van der Waals surface area contributed by atoms with Crippen LogP contribution in [0, 0.1) is 0 Å². The maximum atomic E-state index is 12.5. The molecule has 24 heavy (non-hydrogen) atoms. The van der Waals surface area contributed by atoms with E-state index in [1.807, 2.05) is 0 Å². The van der Waals surface area contributed by atoms with Gasteiger partial charge in [0.15, 0.2) is 5.96 Å². The fraction of sp³-hybridized carbons (Fsp3) is 0.588. The normalized spacial score (nSPS) is 24.8. The van der Waals surface area contributed by atoms with Crippen LogP contribution in [0.2, 0.25) is 0 Å². The van der Waals surface area contributed by atoms with Gasteiger partial charge < -0.3 is 15.4 Å². The van der Waals surface area contributed by atoms with Crippen molar-refractivity contribution in [2.24, 2.45) is 4.99 Å². The van der Waals surface area contributed by atoms with Crippen molar-refractivity contribution in [2.45, 2.75) is 56.5 Å². The van der Waals surface area contributed by atoms with Crippen LogP contribution in [0.15, 0.2) is 29.3 Å². The summed E-state index contributed by atoms with van der Waals surface area (Å²) in [6.45, 7) is 0. The number of benzene rings is 1. The zero-order valence-electron chi connectivity index (χ0n) is 13.6. The van der Waals surface area contributed by atoms with Crippen molar-refractivity contribution in [3.8, 4) is 5.75 Å². The Kier molecular flexibility index (Phi) is 4.87. The van der Waals surface area contributed by atoms with Gasteiger partial charge in [-0.1, -0.05) is 31.0 Å². The molecule has 0 aliphatic heterocycles. The fourth-order valence-electron chi connectivity index (χ4n) is 3.31. The van der Waals surface area contributed by atoms with Crippen LogP contribution in [-0.2, 0) is 0 Å². The van der Waals surface area contributed by atoms with Gasteiger partial charge in [-0.05, 0) is 30.9 Å². The van der Waals surface area contributed by atoms with Crippen molar-refractivity contribution in [1.82, 2.24) is 10.6 Å². The molecule has 0 radical (unpaired) electrons. The van der Waals surface area contributed by atoms with Gasteiger partial charge in [0, 0.05) is 25.0 Å². The smallest absolute Gasteiger partial charge is 0.405 e. The third kappa shape index (κ3) is 4.33. The molecule has 0 spiro atoms. The Hall–Kier alpha value is -1.92. The van der Waals surface area contributed by atoms with E-state index in [-0.39, 0.29) is 17.7 Å². The molecule has 1 aromatic rings. The van der Waals surface area contributed by atoms with Crippen molar-refractivity contribution in [3.05, 3.63) is 29.8 Å². The molecular formula is C17H22F3N3O. The summed E-state index contributed by atoms with van der Waals surface area (Å²) in [5.41, 5.74) is 0.587. The highest BCUT2D eigenvalue weighted by Crippen LogP contribution is 2.45. The first-order valence-electron chi connectivity index (χ1n) is 8.31. The molecule has 7 heteroatoms. The lowest BCUT2D eigenvalue weighted by Gasteiger charge is -2.17. The highest BCUT2D eigenvalue weighted by molar-refractivity contribution is 5.81. The molecule has 2 atom stereocenters. The Labute approximate surface area is 139 Å². The van der Waals surface area contributed by atoms with E-state index in [1.54, 1.807) is 25.2 Å². The van der Waals surface area contributed by atoms with E-state index in [0.717, 1.165) is 25.2 Å². The number of halogens is 3. The topological polar surface area (TPSA) is 45.7 Å². The molecule has 2 aliphatic carbocycles. The number of hydrogen-bond acceptors (Lipinski definition) is 2. The molecule has 0 bridgehead atoms. The Morgan fingerprint density at radius 3 is 2.54 bits per heavy atom. The standard InChI is InChI=1S/C17H22F3N3O/c1-21-16(22-11-6-2-3-7-11)23-14-10-13(14)12-8-4-5-9-15(12)24-17(18,19)20/h4-5,8-9,11,13-14H,2-3,6-7,10H2,1H3,(H2,21,22,23).